The highest BCUT2D eigenvalue weighted by molar-refractivity contribution is 7.64. The molecule has 0 aliphatic carbocycles. The Bertz CT molecular complexity index is 134. The molecule has 0 bridgehead atoms. The Morgan fingerprint density at radius 3 is 1.47 bits per heavy atom. The minimum atomic E-state index is -2.33. The first-order valence-corrected chi connectivity index (χ1v) is 11.4. The molecule has 0 unspecified atom stereocenters. The monoisotopic (exact) mass is 288 g/mol. The third kappa shape index (κ3) is 15.1. The molecule has 0 aliphatic rings. The van der Waals surface area contributed by atoms with E-state index < -0.39 is 6.00 Å². The van der Waals surface area contributed by atoms with Crippen molar-refractivity contribution >= 4 is 39.2 Å². The van der Waals surface area contributed by atoms with Gasteiger partial charge in [0.05, 0.1) is 0 Å². The van der Waals surface area contributed by atoms with E-state index >= 15 is 0 Å². The molecule has 0 saturated heterocycles. The summed E-state index contributed by atoms with van der Waals surface area (Å²) in [6, 6.07) is -1.50. The molecule has 15 heavy (non-hydrogen) atoms. The molecule has 0 aromatic carbocycles. The fraction of sp³-hybridized carbons (Fsp3) is 1.00. The van der Waals surface area contributed by atoms with Crippen LogP contribution in [0.15, 0.2) is 0 Å². The molecular weight excluding hydrogens is 267 g/mol. The van der Waals surface area contributed by atoms with E-state index in [1.807, 2.05) is 0 Å². The van der Waals surface area contributed by atoms with Gasteiger partial charge in [-0.05, 0) is 6.04 Å². The summed E-state index contributed by atoms with van der Waals surface area (Å²) in [5.74, 6) is 0. The van der Waals surface area contributed by atoms with Crippen molar-refractivity contribution in [3.8, 4) is 0 Å². The molecule has 4 heteroatoms. The van der Waals surface area contributed by atoms with Crippen LogP contribution in [0.2, 0.25) is 6.04 Å². The van der Waals surface area contributed by atoms with E-state index in [1.54, 1.807) is 0 Å². The molecule has 0 amide bonds. The molecule has 0 nitrogen and oxygen atoms in total. The average molecular weight is 290 g/mol. The van der Waals surface area contributed by atoms with Crippen LogP contribution in [-0.2, 0) is 0 Å². The van der Waals surface area contributed by atoms with Gasteiger partial charge in [-0.3, -0.25) is 0 Å². The predicted molar refractivity (Wildman–Crippen MR) is 75.3 cm³/mol. The molecule has 0 radical (unpaired) electrons. The van der Waals surface area contributed by atoms with Crippen molar-refractivity contribution in [2.45, 2.75) is 70.8 Å². The second-order valence-corrected chi connectivity index (χ2v) is 13.5. The van der Waals surface area contributed by atoms with Crippen LogP contribution in [0, 0.1) is 0 Å². The molecule has 0 atom stereocenters. The van der Waals surface area contributed by atoms with Crippen LogP contribution in [-0.4, -0.2) is 6.00 Å². The molecular formula is C11H23Cl3Si. The van der Waals surface area contributed by atoms with Gasteiger partial charge >= 0.3 is 6.00 Å². The zero-order valence-corrected chi connectivity index (χ0v) is 13.0. The average Bonchev–Trinajstić information content (AvgIpc) is 2.14. The lowest BCUT2D eigenvalue weighted by Crippen LogP contribution is -2.07. The van der Waals surface area contributed by atoms with Crippen molar-refractivity contribution in [1.29, 1.82) is 0 Å². The Morgan fingerprint density at radius 1 is 0.667 bits per heavy atom. The molecule has 0 heterocycles. The van der Waals surface area contributed by atoms with Crippen molar-refractivity contribution in [2.75, 3.05) is 0 Å². The quantitative estimate of drug-likeness (QED) is 0.256. The van der Waals surface area contributed by atoms with Gasteiger partial charge in [0.1, 0.15) is 0 Å². The molecule has 92 valence electrons. The highest BCUT2D eigenvalue weighted by Crippen LogP contribution is 2.27. The summed E-state index contributed by atoms with van der Waals surface area (Å²) in [5.41, 5.74) is 0. The molecule has 0 aromatic heterocycles. The van der Waals surface area contributed by atoms with E-state index in [2.05, 4.69) is 6.92 Å². The summed E-state index contributed by atoms with van der Waals surface area (Å²) in [6.07, 6.45) is 11.9. The van der Waals surface area contributed by atoms with Gasteiger partial charge < -0.3 is 0 Å². The predicted octanol–water partition coefficient (Wildman–Crippen LogP) is 6.17. The minimum Gasteiger partial charge on any atom is -0.126 e. The van der Waals surface area contributed by atoms with Crippen LogP contribution in [0.1, 0.15) is 64.7 Å². The van der Waals surface area contributed by atoms with Gasteiger partial charge in [0, 0.05) is 0 Å². The molecule has 0 fully saturated rings. The van der Waals surface area contributed by atoms with Gasteiger partial charge in [0.2, 0.25) is 0 Å². The molecule has 0 spiro atoms. The SMILES string of the molecule is CCCCCCCCCCC[Si](Cl)(Cl)Cl. The standard InChI is InChI=1S/C11H23Cl3Si/c1-2-3-4-5-6-7-8-9-10-11-15(12,13)14/h2-11H2,1H3. The number of hydrogen-bond acceptors (Lipinski definition) is 0. The van der Waals surface area contributed by atoms with E-state index in [4.69, 9.17) is 33.2 Å². The highest BCUT2D eigenvalue weighted by atomic mass is 35.8. The number of unbranched alkanes of at least 4 members (excludes halogenated alkanes) is 8. The van der Waals surface area contributed by atoms with Gasteiger partial charge in [-0.15, -0.1) is 33.2 Å². The Morgan fingerprint density at radius 2 is 1.07 bits per heavy atom. The van der Waals surface area contributed by atoms with Crippen LogP contribution in [0.4, 0.5) is 0 Å². The lowest BCUT2D eigenvalue weighted by atomic mass is 10.1. The van der Waals surface area contributed by atoms with Crippen molar-refractivity contribution < 1.29 is 0 Å². The van der Waals surface area contributed by atoms with E-state index in [0.29, 0.717) is 0 Å². The van der Waals surface area contributed by atoms with E-state index in [0.717, 1.165) is 12.5 Å². The first-order chi connectivity index (χ1) is 7.06. The zero-order chi connectivity index (χ0) is 11.6. The molecule has 0 N–H and O–H groups in total. The third-order valence-corrected chi connectivity index (χ3v) is 5.19. The first-order valence-electron chi connectivity index (χ1n) is 6.13. The number of rotatable bonds is 10. The lowest BCUT2D eigenvalue weighted by Gasteiger charge is -2.06. The number of hydrogen-bond donors (Lipinski definition) is 0. The maximum atomic E-state index is 5.80. The van der Waals surface area contributed by atoms with Crippen LogP contribution in [0.25, 0.3) is 0 Å². The van der Waals surface area contributed by atoms with Crippen LogP contribution < -0.4 is 0 Å². The van der Waals surface area contributed by atoms with Crippen molar-refractivity contribution in [1.82, 2.24) is 0 Å². The topological polar surface area (TPSA) is 0 Å². The minimum absolute atomic E-state index is 0.827. The number of halogens is 3. The zero-order valence-electron chi connectivity index (χ0n) is 9.70. The van der Waals surface area contributed by atoms with Crippen LogP contribution in [0.3, 0.4) is 0 Å². The van der Waals surface area contributed by atoms with Crippen LogP contribution >= 0.6 is 33.2 Å². The van der Waals surface area contributed by atoms with Gasteiger partial charge in [-0.1, -0.05) is 64.7 Å². The highest BCUT2D eigenvalue weighted by Gasteiger charge is 2.23. The molecule has 0 saturated carbocycles. The smallest absolute Gasteiger partial charge is 0.126 e. The Kier molecular flexibility index (Phi) is 11.0. The summed E-state index contributed by atoms with van der Waals surface area (Å²) in [5, 5.41) is 0. The summed E-state index contributed by atoms with van der Waals surface area (Å²) in [4.78, 5) is 0. The summed E-state index contributed by atoms with van der Waals surface area (Å²) in [6.45, 7) is 2.25. The third-order valence-electron chi connectivity index (χ3n) is 2.56. The van der Waals surface area contributed by atoms with Crippen molar-refractivity contribution in [3.05, 3.63) is 0 Å². The largest absolute Gasteiger partial charge is 0.341 e. The fourth-order valence-electron chi connectivity index (χ4n) is 1.64. The second kappa shape index (κ2) is 10.3. The maximum Gasteiger partial charge on any atom is 0.341 e. The first kappa shape index (κ1) is 16.1. The van der Waals surface area contributed by atoms with E-state index in [-0.39, 0.29) is 0 Å². The Hall–Kier alpha value is 1.09. The van der Waals surface area contributed by atoms with Crippen LogP contribution in [0.5, 0.6) is 0 Å². The summed E-state index contributed by atoms with van der Waals surface area (Å²) >= 11 is 17.4. The van der Waals surface area contributed by atoms with Crippen molar-refractivity contribution in [2.24, 2.45) is 0 Å². The molecule has 0 rings (SSSR count). The molecule has 0 aliphatic heterocycles. The lowest BCUT2D eigenvalue weighted by molar-refractivity contribution is 0.572. The van der Waals surface area contributed by atoms with E-state index in [9.17, 15) is 0 Å². The van der Waals surface area contributed by atoms with Gasteiger partial charge in [0.15, 0.2) is 0 Å². The van der Waals surface area contributed by atoms with Gasteiger partial charge in [-0.2, -0.15) is 0 Å². The van der Waals surface area contributed by atoms with Crippen molar-refractivity contribution in [3.63, 3.8) is 0 Å². The summed E-state index contributed by atoms with van der Waals surface area (Å²) in [7, 11) is 0. The van der Waals surface area contributed by atoms with Gasteiger partial charge in [-0.25, -0.2) is 0 Å². The van der Waals surface area contributed by atoms with Gasteiger partial charge in [0.25, 0.3) is 0 Å². The fourth-order valence-corrected chi connectivity index (χ4v) is 3.49. The maximum absolute atomic E-state index is 5.80. The second-order valence-electron chi connectivity index (χ2n) is 4.19. The van der Waals surface area contributed by atoms with E-state index in [1.165, 1.54) is 51.4 Å². The summed E-state index contributed by atoms with van der Waals surface area (Å²) < 4.78 is 0. The molecule has 0 aromatic rings. The normalized spacial score (nSPS) is 12.0. The Balaban J connectivity index is 2.99. The Labute approximate surface area is 110 Å².